The summed E-state index contributed by atoms with van der Waals surface area (Å²) in [6, 6.07) is 12.7. The van der Waals surface area contributed by atoms with Gasteiger partial charge in [-0.05, 0) is 36.8 Å². The molecule has 0 aliphatic carbocycles. The van der Waals surface area contributed by atoms with Crippen molar-refractivity contribution < 1.29 is 13.2 Å². The predicted octanol–water partition coefficient (Wildman–Crippen LogP) is 4.07. The lowest BCUT2D eigenvalue weighted by Crippen LogP contribution is -2.35. The smallest absolute Gasteiger partial charge is 0.321 e. The van der Waals surface area contributed by atoms with E-state index in [4.69, 9.17) is 23.2 Å². The molecule has 8 heteroatoms. The monoisotopic (exact) mass is 398 g/mol. The minimum Gasteiger partial charge on any atom is -0.323 e. The first-order valence-corrected chi connectivity index (χ1v) is 9.98. The molecule has 5 nitrogen and oxygen atoms in total. The molecule has 25 heavy (non-hydrogen) atoms. The minimum absolute atomic E-state index is 0.157. The third-order valence-corrected chi connectivity index (χ3v) is 7.04. The van der Waals surface area contributed by atoms with E-state index in [0.29, 0.717) is 28.7 Å². The Hall–Kier alpha value is -1.76. The summed E-state index contributed by atoms with van der Waals surface area (Å²) >= 11 is 11.8. The number of halogens is 2. The molecule has 1 atom stereocenters. The first kappa shape index (κ1) is 18.0. The van der Waals surface area contributed by atoms with Crippen molar-refractivity contribution >= 4 is 44.8 Å². The van der Waals surface area contributed by atoms with Crippen molar-refractivity contribution in [3.8, 4) is 0 Å². The van der Waals surface area contributed by atoms with E-state index in [1.165, 1.54) is 4.90 Å². The zero-order valence-electron chi connectivity index (χ0n) is 13.2. The molecule has 0 radical (unpaired) electrons. The average molecular weight is 399 g/mol. The molecule has 0 saturated carbocycles. The van der Waals surface area contributed by atoms with E-state index in [1.807, 2.05) is 0 Å². The molecule has 2 aromatic carbocycles. The molecular weight excluding hydrogens is 383 g/mol. The Labute approximate surface area is 156 Å². The van der Waals surface area contributed by atoms with E-state index in [-0.39, 0.29) is 17.5 Å². The minimum atomic E-state index is -3.45. The Kier molecular flexibility index (Phi) is 5.22. The highest BCUT2D eigenvalue weighted by Crippen LogP contribution is 2.27. The van der Waals surface area contributed by atoms with Crippen molar-refractivity contribution in [2.45, 2.75) is 16.6 Å². The van der Waals surface area contributed by atoms with Crippen molar-refractivity contribution in [2.75, 3.05) is 18.4 Å². The summed E-state index contributed by atoms with van der Waals surface area (Å²) in [6.07, 6.45) is 0.409. The molecule has 1 heterocycles. The van der Waals surface area contributed by atoms with Gasteiger partial charge in [0.25, 0.3) is 0 Å². The van der Waals surface area contributed by atoms with Crippen LogP contribution in [0.4, 0.5) is 10.5 Å². The van der Waals surface area contributed by atoms with Gasteiger partial charge in [0.05, 0.1) is 20.2 Å². The molecule has 0 bridgehead atoms. The second-order valence-electron chi connectivity index (χ2n) is 5.77. The van der Waals surface area contributed by atoms with Crippen LogP contribution >= 0.6 is 23.2 Å². The number of amides is 2. The fraction of sp³-hybridized carbons (Fsp3) is 0.235. The van der Waals surface area contributed by atoms with Gasteiger partial charge >= 0.3 is 6.03 Å². The molecule has 132 valence electrons. The molecule has 2 amide bonds. The van der Waals surface area contributed by atoms with Crippen LogP contribution in [0.1, 0.15) is 6.42 Å². The summed E-state index contributed by atoms with van der Waals surface area (Å²) in [6.45, 7) is 0.536. The maximum atomic E-state index is 12.7. The van der Waals surface area contributed by atoms with Crippen molar-refractivity contribution in [1.29, 1.82) is 0 Å². The summed E-state index contributed by atoms with van der Waals surface area (Å²) in [5.41, 5.74) is 0.508. The van der Waals surface area contributed by atoms with Gasteiger partial charge in [-0.3, -0.25) is 0 Å². The van der Waals surface area contributed by atoms with Gasteiger partial charge in [-0.25, -0.2) is 13.2 Å². The number of anilines is 1. The lowest BCUT2D eigenvalue weighted by Gasteiger charge is -2.18. The molecule has 0 unspecified atom stereocenters. The largest absolute Gasteiger partial charge is 0.323 e. The summed E-state index contributed by atoms with van der Waals surface area (Å²) in [4.78, 5) is 14.1. The molecule has 1 aliphatic rings. The quantitative estimate of drug-likeness (QED) is 0.846. The second kappa shape index (κ2) is 7.23. The first-order chi connectivity index (χ1) is 11.9. The van der Waals surface area contributed by atoms with Crippen LogP contribution in [0.5, 0.6) is 0 Å². The van der Waals surface area contributed by atoms with E-state index in [1.54, 1.807) is 48.5 Å². The standard InChI is InChI=1S/C17H16Cl2N2O3S/c18-15-7-6-12(10-16(15)19)20-17(22)21-9-8-14(11-21)25(23,24)13-4-2-1-3-5-13/h1-7,10,14H,8-9,11H2,(H,20,22)/t14-/m1/s1. The van der Waals surface area contributed by atoms with Crippen LogP contribution in [0.3, 0.4) is 0 Å². The normalized spacial score (nSPS) is 17.5. The number of benzene rings is 2. The number of likely N-dealkylation sites (tertiary alicyclic amines) is 1. The first-order valence-electron chi connectivity index (χ1n) is 7.68. The molecule has 1 N–H and O–H groups in total. The second-order valence-corrected chi connectivity index (χ2v) is 8.82. The Morgan fingerprint density at radius 3 is 2.48 bits per heavy atom. The highest BCUT2D eigenvalue weighted by atomic mass is 35.5. The van der Waals surface area contributed by atoms with Crippen LogP contribution in [-0.4, -0.2) is 37.7 Å². The Balaban J connectivity index is 1.68. The maximum Gasteiger partial charge on any atom is 0.321 e. The van der Waals surface area contributed by atoms with Gasteiger partial charge in [-0.15, -0.1) is 0 Å². The van der Waals surface area contributed by atoms with Crippen LogP contribution in [0.15, 0.2) is 53.4 Å². The van der Waals surface area contributed by atoms with Gasteiger partial charge in [0.15, 0.2) is 9.84 Å². The van der Waals surface area contributed by atoms with Crippen molar-refractivity contribution in [3.05, 3.63) is 58.6 Å². The predicted molar refractivity (Wildman–Crippen MR) is 99.1 cm³/mol. The average Bonchev–Trinajstić information content (AvgIpc) is 3.10. The summed E-state index contributed by atoms with van der Waals surface area (Å²) in [7, 11) is -3.45. The van der Waals surface area contributed by atoms with Gasteiger partial charge in [0.1, 0.15) is 0 Å². The molecule has 1 saturated heterocycles. The zero-order valence-corrected chi connectivity index (χ0v) is 15.5. The zero-order chi connectivity index (χ0) is 18.0. The van der Waals surface area contributed by atoms with Crippen molar-refractivity contribution in [3.63, 3.8) is 0 Å². The van der Waals surface area contributed by atoms with Crippen LogP contribution in [0, 0.1) is 0 Å². The number of nitrogens with one attached hydrogen (secondary N) is 1. The number of carbonyl (C=O) groups is 1. The van der Waals surface area contributed by atoms with Crippen LogP contribution < -0.4 is 5.32 Å². The molecule has 2 aromatic rings. The molecule has 0 spiro atoms. The lowest BCUT2D eigenvalue weighted by atomic mass is 10.3. The molecule has 0 aromatic heterocycles. The van der Waals surface area contributed by atoms with Crippen LogP contribution in [-0.2, 0) is 9.84 Å². The number of urea groups is 1. The van der Waals surface area contributed by atoms with Crippen molar-refractivity contribution in [1.82, 2.24) is 4.90 Å². The summed E-state index contributed by atoms with van der Waals surface area (Å²) in [5.74, 6) is 0. The number of nitrogens with zero attached hydrogens (tertiary/aromatic N) is 1. The van der Waals surface area contributed by atoms with Gasteiger partial charge in [0.2, 0.25) is 0 Å². The van der Waals surface area contributed by atoms with Gasteiger partial charge in [0, 0.05) is 18.8 Å². The van der Waals surface area contributed by atoms with Crippen LogP contribution in [0.2, 0.25) is 10.0 Å². The molecule has 1 fully saturated rings. The Morgan fingerprint density at radius 1 is 1.08 bits per heavy atom. The highest BCUT2D eigenvalue weighted by molar-refractivity contribution is 7.92. The van der Waals surface area contributed by atoms with Gasteiger partial charge < -0.3 is 10.2 Å². The third-order valence-electron chi connectivity index (χ3n) is 4.11. The number of hydrogen-bond donors (Lipinski definition) is 1. The molecule has 1 aliphatic heterocycles. The lowest BCUT2D eigenvalue weighted by molar-refractivity contribution is 0.222. The highest BCUT2D eigenvalue weighted by Gasteiger charge is 2.36. The SMILES string of the molecule is O=C(Nc1ccc(Cl)c(Cl)c1)N1CC[C@@H](S(=O)(=O)c2ccccc2)C1. The van der Waals surface area contributed by atoms with E-state index >= 15 is 0 Å². The van der Waals surface area contributed by atoms with Crippen LogP contribution in [0.25, 0.3) is 0 Å². The number of hydrogen-bond acceptors (Lipinski definition) is 3. The topological polar surface area (TPSA) is 66.5 Å². The summed E-state index contributed by atoms with van der Waals surface area (Å²) in [5, 5.41) is 2.85. The van der Waals surface area contributed by atoms with Gasteiger partial charge in [-0.2, -0.15) is 0 Å². The van der Waals surface area contributed by atoms with Crippen molar-refractivity contribution in [2.24, 2.45) is 0 Å². The Bertz CT molecular complexity index is 888. The van der Waals surface area contributed by atoms with E-state index in [2.05, 4.69) is 5.32 Å². The Morgan fingerprint density at radius 2 is 1.80 bits per heavy atom. The third kappa shape index (κ3) is 3.92. The fourth-order valence-corrected chi connectivity index (χ4v) is 4.76. The van der Waals surface area contributed by atoms with E-state index < -0.39 is 15.1 Å². The molecular formula is C17H16Cl2N2O3S. The van der Waals surface area contributed by atoms with E-state index in [0.717, 1.165) is 0 Å². The number of sulfone groups is 1. The fourth-order valence-electron chi connectivity index (χ4n) is 2.74. The number of carbonyl (C=O) groups excluding carboxylic acids is 1. The molecule has 3 rings (SSSR count). The number of rotatable bonds is 3. The van der Waals surface area contributed by atoms with E-state index in [9.17, 15) is 13.2 Å². The van der Waals surface area contributed by atoms with Gasteiger partial charge in [-0.1, -0.05) is 41.4 Å². The maximum absolute atomic E-state index is 12.7. The summed E-state index contributed by atoms with van der Waals surface area (Å²) < 4.78 is 25.3.